The third-order valence-electron chi connectivity index (χ3n) is 4.38. The molecule has 0 heterocycles. The molecule has 0 spiro atoms. The SMILES string of the molecule is CC(C)CC(=O)NC[C@@H](c1ccc(N(C)C)cc1)S(=O)(=O)c1ccc(F)cc1. The Morgan fingerprint density at radius 1 is 1.04 bits per heavy atom. The van der Waals surface area contributed by atoms with Crippen molar-refractivity contribution in [1.82, 2.24) is 5.32 Å². The second-order valence-electron chi connectivity index (χ2n) is 7.38. The monoisotopic (exact) mass is 406 g/mol. The van der Waals surface area contributed by atoms with Gasteiger partial charge in [0, 0.05) is 32.7 Å². The van der Waals surface area contributed by atoms with Crippen molar-refractivity contribution in [3.63, 3.8) is 0 Å². The number of hydrogen-bond donors (Lipinski definition) is 1. The normalized spacial score (nSPS) is 12.6. The second kappa shape index (κ2) is 9.19. The molecule has 7 heteroatoms. The molecule has 0 saturated heterocycles. The molecule has 0 aliphatic carbocycles. The Balaban J connectivity index is 2.37. The Kier molecular flexibility index (Phi) is 7.18. The van der Waals surface area contributed by atoms with Crippen molar-refractivity contribution < 1.29 is 17.6 Å². The highest BCUT2D eigenvalue weighted by Crippen LogP contribution is 2.30. The molecular formula is C21H27FN2O3S. The molecule has 5 nitrogen and oxygen atoms in total. The van der Waals surface area contributed by atoms with Crippen LogP contribution in [0.1, 0.15) is 31.1 Å². The van der Waals surface area contributed by atoms with E-state index in [1.54, 1.807) is 12.1 Å². The number of carbonyl (C=O) groups is 1. The zero-order valence-electron chi connectivity index (χ0n) is 16.6. The van der Waals surface area contributed by atoms with E-state index in [0.717, 1.165) is 17.8 Å². The minimum absolute atomic E-state index is 0.0219. The summed E-state index contributed by atoms with van der Waals surface area (Å²) in [6.45, 7) is 3.80. The molecule has 0 aromatic heterocycles. The smallest absolute Gasteiger partial charge is 0.220 e. The highest BCUT2D eigenvalue weighted by atomic mass is 32.2. The Labute approximate surface area is 166 Å². The summed E-state index contributed by atoms with van der Waals surface area (Å²) < 4.78 is 39.7. The van der Waals surface area contributed by atoms with Gasteiger partial charge in [0.25, 0.3) is 0 Å². The molecule has 2 rings (SSSR count). The highest BCUT2D eigenvalue weighted by Gasteiger charge is 2.29. The maximum Gasteiger partial charge on any atom is 0.220 e. The first kappa shape index (κ1) is 21.9. The number of rotatable bonds is 8. The van der Waals surface area contributed by atoms with Crippen molar-refractivity contribution in [2.24, 2.45) is 5.92 Å². The van der Waals surface area contributed by atoms with E-state index in [2.05, 4.69) is 5.32 Å². The van der Waals surface area contributed by atoms with E-state index >= 15 is 0 Å². The number of nitrogens with one attached hydrogen (secondary N) is 1. The van der Waals surface area contributed by atoms with Gasteiger partial charge in [0.05, 0.1) is 4.90 Å². The zero-order chi connectivity index (χ0) is 20.9. The molecule has 0 saturated carbocycles. The number of hydrogen-bond acceptors (Lipinski definition) is 4. The van der Waals surface area contributed by atoms with Crippen LogP contribution in [-0.4, -0.2) is 35.0 Å². The molecule has 152 valence electrons. The summed E-state index contributed by atoms with van der Waals surface area (Å²) in [5, 5.41) is 1.77. The van der Waals surface area contributed by atoms with Crippen LogP contribution in [-0.2, 0) is 14.6 Å². The third kappa shape index (κ3) is 5.55. The van der Waals surface area contributed by atoms with Crippen LogP contribution >= 0.6 is 0 Å². The molecule has 0 radical (unpaired) electrons. The van der Waals surface area contributed by atoms with Gasteiger partial charge >= 0.3 is 0 Å². The molecule has 0 aliphatic rings. The van der Waals surface area contributed by atoms with Gasteiger partial charge < -0.3 is 10.2 Å². The fourth-order valence-electron chi connectivity index (χ4n) is 2.83. The van der Waals surface area contributed by atoms with Crippen LogP contribution in [0.4, 0.5) is 10.1 Å². The van der Waals surface area contributed by atoms with Crippen LogP contribution in [0.25, 0.3) is 0 Å². The molecular weight excluding hydrogens is 379 g/mol. The third-order valence-corrected chi connectivity index (χ3v) is 6.49. The van der Waals surface area contributed by atoms with E-state index < -0.39 is 20.9 Å². The lowest BCUT2D eigenvalue weighted by Crippen LogP contribution is -2.32. The number of benzene rings is 2. The average molecular weight is 407 g/mol. The largest absolute Gasteiger partial charge is 0.378 e. The van der Waals surface area contributed by atoms with Crippen molar-refractivity contribution in [2.45, 2.75) is 30.4 Å². The number of halogens is 1. The summed E-state index contributed by atoms with van der Waals surface area (Å²) in [5.74, 6) is -0.526. The summed E-state index contributed by atoms with van der Waals surface area (Å²) in [7, 11) is -0.0297. The Morgan fingerprint density at radius 3 is 2.11 bits per heavy atom. The van der Waals surface area contributed by atoms with Crippen LogP contribution in [0.2, 0.25) is 0 Å². The van der Waals surface area contributed by atoms with E-state index in [0.29, 0.717) is 12.0 Å². The fraction of sp³-hybridized carbons (Fsp3) is 0.381. The summed E-state index contributed by atoms with van der Waals surface area (Å²) >= 11 is 0. The molecule has 1 atom stereocenters. The molecule has 0 fully saturated rings. The Morgan fingerprint density at radius 2 is 1.61 bits per heavy atom. The first-order valence-electron chi connectivity index (χ1n) is 9.14. The topological polar surface area (TPSA) is 66.5 Å². The number of anilines is 1. The van der Waals surface area contributed by atoms with E-state index in [-0.39, 0.29) is 23.3 Å². The Bertz CT molecular complexity index is 892. The van der Waals surface area contributed by atoms with Gasteiger partial charge in [-0.05, 0) is 47.9 Å². The predicted octanol–water partition coefficient (Wildman–Crippen LogP) is 3.57. The van der Waals surface area contributed by atoms with Crippen molar-refractivity contribution in [1.29, 1.82) is 0 Å². The molecule has 0 unspecified atom stereocenters. The lowest BCUT2D eigenvalue weighted by molar-refractivity contribution is -0.121. The van der Waals surface area contributed by atoms with Crippen LogP contribution < -0.4 is 10.2 Å². The minimum atomic E-state index is -3.82. The van der Waals surface area contributed by atoms with Gasteiger partial charge in [0.1, 0.15) is 11.1 Å². The number of sulfone groups is 1. The predicted molar refractivity (Wildman–Crippen MR) is 110 cm³/mol. The van der Waals surface area contributed by atoms with Gasteiger partial charge in [-0.1, -0.05) is 26.0 Å². The first-order valence-corrected chi connectivity index (χ1v) is 10.7. The van der Waals surface area contributed by atoms with Crippen molar-refractivity contribution in [3.05, 3.63) is 59.9 Å². The first-order chi connectivity index (χ1) is 13.1. The van der Waals surface area contributed by atoms with E-state index in [1.165, 1.54) is 12.1 Å². The van der Waals surface area contributed by atoms with Gasteiger partial charge in [0.2, 0.25) is 5.91 Å². The summed E-state index contributed by atoms with van der Waals surface area (Å²) in [4.78, 5) is 14.0. The Hall–Kier alpha value is -2.41. The van der Waals surface area contributed by atoms with Gasteiger partial charge in [-0.2, -0.15) is 0 Å². The van der Waals surface area contributed by atoms with E-state index in [4.69, 9.17) is 0 Å². The molecule has 0 bridgehead atoms. The number of carbonyl (C=O) groups excluding carboxylic acids is 1. The van der Waals surface area contributed by atoms with Crippen molar-refractivity contribution >= 4 is 21.4 Å². The highest BCUT2D eigenvalue weighted by molar-refractivity contribution is 7.91. The standard InChI is InChI=1S/C21H27FN2O3S/c1-15(2)13-21(25)23-14-20(16-5-9-18(10-6-16)24(3)4)28(26,27)19-11-7-17(22)8-12-19/h5-12,15,20H,13-14H2,1-4H3,(H,23,25)/t20-/m0/s1. The minimum Gasteiger partial charge on any atom is -0.378 e. The van der Waals surface area contributed by atoms with Gasteiger partial charge in [-0.3, -0.25) is 4.79 Å². The number of nitrogens with zero attached hydrogens (tertiary/aromatic N) is 1. The second-order valence-corrected chi connectivity index (χ2v) is 9.51. The molecule has 0 aliphatic heterocycles. The average Bonchev–Trinajstić information content (AvgIpc) is 2.62. The molecule has 1 amide bonds. The van der Waals surface area contributed by atoms with Crippen LogP contribution in [0.5, 0.6) is 0 Å². The van der Waals surface area contributed by atoms with Gasteiger partial charge in [-0.15, -0.1) is 0 Å². The summed E-state index contributed by atoms with van der Waals surface area (Å²) in [6.07, 6.45) is 0.322. The van der Waals surface area contributed by atoms with Crippen LogP contribution in [0.3, 0.4) is 0 Å². The van der Waals surface area contributed by atoms with Crippen molar-refractivity contribution in [2.75, 3.05) is 25.5 Å². The molecule has 1 N–H and O–H groups in total. The van der Waals surface area contributed by atoms with Crippen LogP contribution in [0, 0.1) is 11.7 Å². The molecule has 28 heavy (non-hydrogen) atoms. The van der Waals surface area contributed by atoms with Crippen LogP contribution in [0.15, 0.2) is 53.4 Å². The summed E-state index contributed by atoms with van der Waals surface area (Å²) in [5.41, 5.74) is 1.50. The van der Waals surface area contributed by atoms with E-state index in [9.17, 15) is 17.6 Å². The van der Waals surface area contributed by atoms with Gasteiger partial charge in [-0.25, -0.2) is 12.8 Å². The maximum absolute atomic E-state index is 13.2. The summed E-state index contributed by atoms with van der Waals surface area (Å²) in [6, 6.07) is 11.9. The maximum atomic E-state index is 13.2. The molecule has 2 aromatic rings. The quantitative estimate of drug-likeness (QED) is 0.681. The zero-order valence-corrected chi connectivity index (χ0v) is 17.5. The molecule has 2 aromatic carbocycles. The van der Waals surface area contributed by atoms with Crippen molar-refractivity contribution in [3.8, 4) is 0 Å². The van der Waals surface area contributed by atoms with E-state index in [1.807, 2.05) is 45.0 Å². The number of amides is 1. The lowest BCUT2D eigenvalue weighted by Gasteiger charge is -2.21. The lowest BCUT2D eigenvalue weighted by atomic mass is 10.1. The van der Waals surface area contributed by atoms with Gasteiger partial charge in [0.15, 0.2) is 9.84 Å². The fourth-order valence-corrected chi connectivity index (χ4v) is 4.49.